The molecule has 0 saturated carbocycles. The van der Waals surface area contributed by atoms with Gasteiger partial charge in [-0.2, -0.15) is 4.39 Å². The number of hydrogen-bond donors (Lipinski definition) is 2. The third kappa shape index (κ3) is 4.82. The van der Waals surface area contributed by atoms with E-state index in [0.717, 1.165) is 23.8 Å². The summed E-state index contributed by atoms with van der Waals surface area (Å²) in [5, 5.41) is 2.74. The summed E-state index contributed by atoms with van der Waals surface area (Å²) in [6.07, 6.45) is 0.986. The number of pyridine rings is 1. The molecule has 6 heteroatoms. The van der Waals surface area contributed by atoms with E-state index in [9.17, 15) is 9.18 Å². The van der Waals surface area contributed by atoms with Crippen molar-refractivity contribution in [3.63, 3.8) is 0 Å². The molecule has 3 rings (SSSR count). The molecule has 0 aliphatic heterocycles. The zero-order chi connectivity index (χ0) is 19.2. The normalized spacial score (nSPS) is 10.4. The second kappa shape index (κ2) is 8.31. The Bertz CT molecular complexity index is 925. The van der Waals surface area contributed by atoms with E-state index < -0.39 is 11.9 Å². The average Bonchev–Trinajstić information content (AvgIpc) is 2.68. The lowest BCUT2D eigenvalue weighted by Crippen LogP contribution is -2.24. The zero-order valence-corrected chi connectivity index (χ0v) is 14.9. The molecule has 3 aromatic rings. The highest BCUT2D eigenvalue weighted by Gasteiger charge is 2.11. The Morgan fingerprint density at radius 2 is 1.59 bits per heavy atom. The van der Waals surface area contributed by atoms with Gasteiger partial charge in [-0.1, -0.05) is 31.2 Å². The van der Waals surface area contributed by atoms with Crippen LogP contribution in [0.1, 0.15) is 28.4 Å². The molecule has 0 radical (unpaired) electrons. The van der Waals surface area contributed by atoms with Crippen molar-refractivity contribution in [2.24, 2.45) is 0 Å². The van der Waals surface area contributed by atoms with Crippen LogP contribution in [0, 0.1) is 5.95 Å². The van der Waals surface area contributed by atoms with Gasteiger partial charge < -0.3 is 15.8 Å². The molecule has 3 N–H and O–H groups in total. The number of benzene rings is 2. The van der Waals surface area contributed by atoms with Gasteiger partial charge in [0.15, 0.2) is 0 Å². The molecule has 0 unspecified atom stereocenters. The van der Waals surface area contributed by atoms with Gasteiger partial charge >= 0.3 is 0 Å². The number of aromatic nitrogens is 1. The van der Waals surface area contributed by atoms with Gasteiger partial charge in [-0.05, 0) is 53.9 Å². The first-order valence-electron chi connectivity index (χ1n) is 8.61. The van der Waals surface area contributed by atoms with Gasteiger partial charge in [0, 0.05) is 6.54 Å². The fourth-order valence-corrected chi connectivity index (χ4v) is 2.52. The summed E-state index contributed by atoms with van der Waals surface area (Å²) in [5.41, 5.74) is 7.87. The van der Waals surface area contributed by atoms with Crippen LogP contribution in [-0.2, 0) is 13.0 Å². The Kier molecular flexibility index (Phi) is 5.66. The summed E-state index contributed by atoms with van der Waals surface area (Å²) in [4.78, 5) is 15.6. The predicted octanol–water partition coefficient (Wildman–Crippen LogP) is 4.09. The molecule has 0 bridgehead atoms. The highest BCUT2D eigenvalue weighted by molar-refractivity contribution is 5.98. The second-order valence-corrected chi connectivity index (χ2v) is 5.99. The standard InChI is InChI=1S/C21H20FN3O2/c1-2-14-3-7-16(8-4-14)27-17-9-5-15(6-10-17)13-24-21(26)18-11-12-19(22)25-20(18)23/h3-12H,2,13H2,1H3,(H2,23,25)(H,24,26). The number of amides is 1. The van der Waals surface area contributed by atoms with E-state index in [4.69, 9.17) is 10.5 Å². The van der Waals surface area contributed by atoms with Crippen LogP contribution in [-0.4, -0.2) is 10.9 Å². The molecule has 1 aromatic heterocycles. The van der Waals surface area contributed by atoms with E-state index in [1.807, 2.05) is 48.5 Å². The number of rotatable bonds is 6. The molecular weight excluding hydrogens is 345 g/mol. The van der Waals surface area contributed by atoms with Gasteiger partial charge in [-0.25, -0.2) is 4.98 Å². The molecule has 0 aliphatic rings. The van der Waals surface area contributed by atoms with E-state index >= 15 is 0 Å². The number of halogens is 1. The quantitative estimate of drug-likeness (QED) is 0.645. The van der Waals surface area contributed by atoms with Crippen molar-refractivity contribution in [3.05, 3.63) is 83.3 Å². The number of carbonyl (C=O) groups excluding carboxylic acids is 1. The molecule has 0 saturated heterocycles. The number of nitrogens with two attached hydrogens (primary N) is 1. The summed E-state index contributed by atoms with van der Waals surface area (Å²) < 4.78 is 18.8. The third-order valence-corrected chi connectivity index (χ3v) is 4.08. The van der Waals surface area contributed by atoms with Crippen LogP contribution in [0.5, 0.6) is 11.5 Å². The Hall–Kier alpha value is -3.41. The summed E-state index contributed by atoms with van der Waals surface area (Å²) >= 11 is 0. The van der Waals surface area contributed by atoms with Crippen molar-refractivity contribution in [3.8, 4) is 11.5 Å². The van der Waals surface area contributed by atoms with Gasteiger partial charge in [0.2, 0.25) is 5.95 Å². The van der Waals surface area contributed by atoms with Crippen molar-refractivity contribution in [1.82, 2.24) is 10.3 Å². The minimum atomic E-state index is -0.719. The Morgan fingerprint density at radius 1 is 1.00 bits per heavy atom. The van der Waals surface area contributed by atoms with Crippen molar-refractivity contribution >= 4 is 11.7 Å². The van der Waals surface area contributed by atoms with Crippen LogP contribution in [0.2, 0.25) is 0 Å². The van der Waals surface area contributed by atoms with Gasteiger partial charge in [-0.3, -0.25) is 4.79 Å². The summed E-state index contributed by atoms with van der Waals surface area (Å²) in [6.45, 7) is 2.41. The number of anilines is 1. The van der Waals surface area contributed by atoms with Gasteiger partial charge in [-0.15, -0.1) is 0 Å². The van der Waals surface area contributed by atoms with Gasteiger partial charge in [0.25, 0.3) is 5.91 Å². The Labute approximate surface area is 157 Å². The smallest absolute Gasteiger partial charge is 0.255 e. The number of carbonyl (C=O) groups is 1. The minimum Gasteiger partial charge on any atom is -0.457 e. The number of nitrogens with zero attached hydrogens (tertiary/aromatic N) is 1. The largest absolute Gasteiger partial charge is 0.457 e. The Morgan fingerprint density at radius 3 is 2.15 bits per heavy atom. The highest BCUT2D eigenvalue weighted by Crippen LogP contribution is 2.22. The third-order valence-electron chi connectivity index (χ3n) is 4.08. The first-order valence-corrected chi connectivity index (χ1v) is 8.61. The second-order valence-electron chi connectivity index (χ2n) is 5.99. The molecule has 0 atom stereocenters. The lowest BCUT2D eigenvalue weighted by atomic mass is 10.2. The van der Waals surface area contributed by atoms with E-state index in [1.165, 1.54) is 11.6 Å². The first-order chi connectivity index (χ1) is 13.0. The first kappa shape index (κ1) is 18.4. The molecule has 27 heavy (non-hydrogen) atoms. The van der Waals surface area contributed by atoms with Crippen molar-refractivity contribution in [2.75, 3.05) is 5.73 Å². The molecule has 2 aromatic carbocycles. The summed E-state index contributed by atoms with van der Waals surface area (Å²) in [5.74, 6) is 0.222. The minimum absolute atomic E-state index is 0.134. The molecule has 138 valence electrons. The van der Waals surface area contributed by atoms with Crippen LogP contribution in [0.25, 0.3) is 0 Å². The fraction of sp³-hybridized carbons (Fsp3) is 0.143. The monoisotopic (exact) mass is 365 g/mol. The van der Waals surface area contributed by atoms with Crippen LogP contribution in [0.15, 0.2) is 60.7 Å². The van der Waals surface area contributed by atoms with Crippen molar-refractivity contribution in [1.29, 1.82) is 0 Å². The van der Waals surface area contributed by atoms with Crippen molar-refractivity contribution < 1.29 is 13.9 Å². The molecule has 1 heterocycles. The lowest BCUT2D eigenvalue weighted by molar-refractivity contribution is 0.0951. The number of nitrogens with one attached hydrogen (secondary N) is 1. The topological polar surface area (TPSA) is 77.2 Å². The van der Waals surface area contributed by atoms with E-state index in [0.29, 0.717) is 12.3 Å². The average molecular weight is 365 g/mol. The lowest BCUT2D eigenvalue weighted by Gasteiger charge is -2.09. The molecule has 1 amide bonds. The number of nitrogen functional groups attached to an aromatic ring is 1. The van der Waals surface area contributed by atoms with Crippen LogP contribution in [0.4, 0.5) is 10.2 Å². The maximum absolute atomic E-state index is 13.0. The van der Waals surface area contributed by atoms with Gasteiger partial charge in [0.05, 0.1) is 5.56 Å². The fourth-order valence-electron chi connectivity index (χ4n) is 2.52. The van der Waals surface area contributed by atoms with Crippen LogP contribution >= 0.6 is 0 Å². The molecule has 0 aliphatic carbocycles. The molecular formula is C21H20FN3O2. The van der Waals surface area contributed by atoms with E-state index in [-0.39, 0.29) is 11.4 Å². The summed E-state index contributed by atoms with van der Waals surface area (Å²) in [6, 6.07) is 17.8. The van der Waals surface area contributed by atoms with Gasteiger partial charge in [0.1, 0.15) is 17.3 Å². The number of hydrogen-bond acceptors (Lipinski definition) is 4. The highest BCUT2D eigenvalue weighted by atomic mass is 19.1. The molecule has 0 fully saturated rings. The molecule has 5 nitrogen and oxygen atoms in total. The van der Waals surface area contributed by atoms with Crippen molar-refractivity contribution in [2.45, 2.75) is 19.9 Å². The predicted molar refractivity (Wildman–Crippen MR) is 102 cm³/mol. The zero-order valence-electron chi connectivity index (χ0n) is 14.9. The number of ether oxygens (including phenoxy) is 1. The van der Waals surface area contributed by atoms with Crippen LogP contribution < -0.4 is 15.8 Å². The summed E-state index contributed by atoms with van der Waals surface area (Å²) in [7, 11) is 0. The maximum Gasteiger partial charge on any atom is 0.255 e. The maximum atomic E-state index is 13.0. The van der Waals surface area contributed by atoms with E-state index in [1.54, 1.807) is 0 Å². The SMILES string of the molecule is CCc1ccc(Oc2ccc(CNC(=O)c3ccc(F)nc3N)cc2)cc1. The Balaban J connectivity index is 1.57. The number of aryl methyl sites for hydroxylation is 1. The van der Waals surface area contributed by atoms with Crippen LogP contribution in [0.3, 0.4) is 0 Å². The molecule has 0 spiro atoms. The van der Waals surface area contributed by atoms with E-state index in [2.05, 4.69) is 17.2 Å².